The van der Waals surface area contributed by atoms with Gasteiger partial charge >= 0.3 is 6.29 Å². The van der Waals surface area contributed by atoms with Crippen LogP contribution in [0.25, 0.3) is 0 Å². The molecule has 0 N–H and O–H groups in total. The van der Waals surface area contributed by atoms with Crippen LogP contribution in [0.3, 0.4) is 0 Å². The van der Waals surface area contributed by atoms with Crippen molar-refractivity contribution in [2.24, 2.45) is 0 Å². The molecule has 0 aromatic heterocycles. The maximum atomic E-state index is 13.4. The molecular formula is C19H16F2O4. The number of benzene rings is 2. The minimum Gasteiger partial charge on any atom is -0.494 e. The van der Waals surface area contributed by atoms with E-state index in [1.807, 2.05) is 31.2 Å². The summed E-state index contributed by atoms with van der Waals surface area (Å²) >= 11 is 0. The standard InChI is InChI=1S/C19H16F2O4/c1-2-23-16-6-4-3-5-13(16)15-9-12(22)7-11-8-17-18(10-14(11)15)25-19(20,21)24-17/h3-6,8,10,15H,2,7,9H2,1H3. The van der Waals surface area contributed by atoms with Crippen LogP contribution in [0.2, 0.25) is 0 Å². The van der Waals surface area contributed by atoms with Crippen LogP contribution in [0.5, 0.6) is 17.2 Å². The molecular weight excluding hydrogens is 330 g/mol. The third-order valence-electron chi connectivity index (χ3n) is 4.45. The molecule has 25 heavy (non-hydrogen) atoms. The summed E-state index contributed by atoms with van der Waals surface area (Å²) in [7, 11) is 0. The number of fused-ring (bicyclic) bond motifs is 2. The Balaban J connectivity index is 1.82. The summed E-state index contributed by atoms with van der Waals surface area (Å²) in [4.78, 5) is 12.2. The molecule has 1 unspecified atom stereocenters. The van der Waals surface area contributed by atoms with E-state index in [-0.39, 0.29) is 29.6 Å². The summed E-state index contributed by atoms with van der Waals surface area (Å²) in [5.74, 6) is 0.447. The Kier molecular flexibility index (Phi) is 3.63. The predicted octanol–water partition coefficient (Wildman–Crippen LogP) is 4.05. The van der Waals surface area contributed by atoms with E-state index in [1.165, 1.54) is 6.07 Å². The van der Waals surface area contributed by atoms with Gasteiger partial charge in [0.25, 0.3) is 0 Å². The van der Waals surface area contributed by atoms with Crippen molar-refractivity contribution in [1.29, 1.82) is 0 Å². The number of rotatable bonds is 3. The van der Waals surface area contributed by atoms with E-state index < -0.39 is 6.29 Å². The molecule has 0 spiro atoms. The van der Waals surface area contributed by atoms with Crippen LogP contribution in [0.15, 0.2) is 36.4 Å². The highest BCUT2D eigenvalue weighted by Gasteiger charge is 2.44. The molecule has 1 aliphatic carbocycles. The minimum absolute atomic E-state index is 0.00279. The zero-order chi connectivity index (χ0) is 17.6. The molecule has 1 atom stereocenters. The summed E-state index contributed by atoms with van der Waals surface area (Å²) in [5.41, 5.74) is 2.35. The van der Waals surface area contributed by atoms with Crippen molar-refractivity contribution in [3.63, 3.8) is 0 Å². The highest BCUT2D eigenvalue weighted by molar-refractivity contribution is 5.85. The van der Waals surface area contributed by atoms with Crippen LogP contribution >= 0.6 is 0 Å². The number of carbonyl (C=O) groups is 1. The molecule has 130 valence electrons. The van der Waals surface area contributed by atoms with Gasteiger partial charge in [-0.15, -0.1) is 8.78 Å². The minimum atomic E-state index is -3.67. The molecule has 0 amide bonds. The average Bonchev–Trinajstić information content (AvgIpc) is 2.86. The molecule has 6 heteroatoms. The number of hydrogen-bond donors (Lipinski definition) is 0. The molecule has 0 radical (unpaired) electrons. The van der Waals surface area contributed by atoms with Crippen molar-refractivity contribution in [2.45, 2.75) is 32.0 Å². The largest absolute Gasteiger partial charge is 0.586 e. The number of ether oxygens (including phenoxy) is 3. The Bertz CT molecular complexity index is 847. The zero-order valence-electron chi connectivity index (χ0n) is 13.6. The Morgan fingerprint density at radius 1 is 1.16 bits per heavy atom. The molecule has 4 rings (SSSR count). The highest BCUT2D eigenvalue weighted by Crippen LogP contribution is 2.47. The van der Waals surface area contributed by atoms with Gasteiger partial charge in [0.1, 0.15) is 11.5 Å². The molecule has 0 fully saturated rings. The van der Waals surface area contributed by atoms with E-state index in [9.17, 15) is 13.6 Å². The van der Waals surface area contributed by atoms with E-state index in [1.54, 1.807) is 6.07 Å². The first-order valence-electron chi connectivity index (χ1n) is 8.13. The quantitative estimate of drug-likeness (QED) is 0.841. The number of Topliss-reactive ketones (excluding diaryl/α,β-unsaturated/α-hetero) is 1. The summed E-state index contributed by atoms with van der Waals surface area (Å²) < 4.78 is 41.5. The molecule has 2 aliphatic rings. The van der Waals surface area contributed by atoms with Crippen LogP contribution in [0.4, 0.5) is 8.78 Å². The maximum Gasteiger partial charge on any atom is 0.586 e. The zero-order valence-corrected chi connectivity index (χ0v) is 13.6. The van der Waals surface area contributed by atoms with Gasteiger partial charge in [0, 0.05) is 24.3 Å². The number of carbonyl (C=O) groups excluding carboxylic acids is 1. The fourth-order valence-electron chi connectivity index (χ4n) is 3.49. The Labute approximate surface area is 143 Å². The molecule has 2 aromatic rings. The maximum absolute atomic E-state index is 13.4. The Morgan fingerprint density at radius 3 is 2.64 bits per heavy atom. The first kappa shape index (κ1) is 15.9. The molecule has 1 heterocycles. The van der Waals surface area contributed by atoms with Crippen molar-refractivity contribution in [3.05, 3.63) is 53.1 Å². The number of para-hydroxylation sites is 1. The van der Waals surface area contributed by atoms with E-state index in [2.05, 4.69) is 9.47 Å². The molecule has 4 nitrogen and oxygen atoms in total. The highest BCUT2D eigenvalue weighted by atomic mass is 19.3. The van der Waals surface area contributed by atoms with E-state index in [4.69, 9.17) is 4.74 Å². The lowest BCUT2D eigenvalue weighted by Crippen LogP contribution is -2.25. The number of ketones is 1. The summed E-state index contributed by atoms with van der Waals surface area (Å²) in [6.07, 6.45) is -3.17. The van der Waals surface area contributed by atoms with E-state index in [0.29, 0.717) is 24.3 Å². The lowest BCUT2D eigenvalue weighted by Gasteiger charge is -2.26. The summed E-state index contributed by atoms with van der Waals surface area (Å²) in [5, 5.41) is 0. The molecule has 0 saturated carbocycles. The predicted molar refractivity (Wildman–Crippen MR) is 85.4 cm³/mol. The van der Waals surface area contributed by atoms with Crippen molar-refractivity contribution in [3.8, 4) is 17.2 Å². The number of halogens is 2. The topological polar surface area (TPSA) is 44.8 Å². The first-order valence-corrected chi connectivity index (χ1v) is 8.13. The smallest absolute Gasteiger partial charge is 0.494 e. The monoisotopic (exact) mass is 346 g/mol. The molecule has 0 bridgehead atoms. The Hall–Kier alpha value is -2.63. The van der Waals surface area contributed by atoms with Gasteiger partial charge in [0.05, 0.1) is 6.61 Å². The average molecular weight is 346 g/mol. The SMILES string of the molecule is CCOc1ccccc1C1CC(=O)Cc2cc3c(cc21)OC(F)(F)O3. The van der Waals surface area contributed by atoms with Gasteiger partial charge in [-0.25, -0.2) is 0 Å². The fraction of sp³-hybridized carbons (Fsp3) is 0.316. The van der Waals surface area contributed by atoms with Gasteiger partial charge in [0.15, 0.2) is 11.5 Å². The van der Waals surface area contributed by atoms with Crippen molar-refractivity contribution in [2.75, 3.05) is 6.61 Å². The molecule has 1 aliphatic heterocycles. The van der Waals surface area contributed by atoms with Crippen molar-refractivity contribution >= 4 is 5.78 Å². The van der Waals surface area contributed by atoms with Crippen LogP contribution in [-0.2, 0) is 11.2 Å². The van der Waals surface area contributed by atoms with Crippen LogP contribution in [-0.4, -0.2) is 18.7 Å². The number of hydrogen-bond acceptors (Lipinski definition) is 4. The van der Waals surface area contributed by atoms with E-state index in [0.717, 1.165) is 11.1 Å². The second-order valence-electron chi connectivity index (χ2n) is 6.11. The Morgan fingerprint density at radius 2 is 1.88 bits per heavy atom. The fourth-order valence-corrected chi connectivity index (χ4v) is 3.49. The normalized spacial score (nSPS) is 20.3. The van der Waals surface area contributed by atoms with E-state index >= 15 is 0 Å². The number of alkyl halides is 2. The van der Waals surface area contributed by atoms with Gasteiger partial charge in [-0.2, -0.15) is 0 Å². The van der Waals surface area contributed by atoms with Gasteiger partial charge in [-0.1, -0.05) is 18.2 Å². The second-order valence-corrected chi connectivity index (χ2v) is 6.11. The van der Waals surface area contributed by atoms with Gasteiger partial charge in [-0.3, -0.25) is 4.79 Å². The van der Waals surface area contributed by atoms with Gasteiger partial charge in [-0.05, 0) is 36.2 Å². The second kappa shape index (κ2) is 5.72. The third-order valence-corrected chi connectivity index (χ3v) is 4.45. The molecule has 0 saturated heterocycles. The molecule has 2 aromatic carbocycles. The van der Waals surface area contributed by atoms with Gasteiger partial charge in [0.2, 0.25) is 0 Å². The summed E-state index contributed by atoms with van der Waals surface area (Å²) in [6, 6.07) is 10.5. The van der Waals surface area contributed by atoms with Crippen LogP contribution < -0.4 is 14.2 Å². The lowest BCUT2D eigenvalue weighted by molar-refractivity contribution is -0.286. The van der Waals surface area contributed by atoms with Gasteiger partial charge < -0.3 is 14.2 Å². The van der Waals surface area contributed by atoms with Crippen LogP contribution in [0.1, 0.15) is 36.0 Å². The third kappa shape index (κ3) is 2.81. The first-order chi connectivity index (χ1) is 12.0. The summed E-state index contributed by atoms with van der Waals surface area (Å²) in [6.45, 7) is 2.38. The lowest BCUT2D eigenvalue weighted by atomic mass is 9.78. The van der Waals surface area contributed by atoms with Crippen molar-refractivity contribution in [1.82, 2.24) is 0 Å². The van der Waals surface area contributed by atoms with Crippen LogP contribution in [0, 0.1) is 0 Å². The van der Waals surface area contributed by atoms with Crippen molar-refractivity contribution < 1.29 is 27.8 Å².